The summed E-state index contributed by atoms with van der Waals surface area (Å²) in [7, 11) is 0. The van der Waals surface area contributed by atoms with E-state index in [9.17, 15) is 9.90 Å². The lowest BCUT2D eigenvalue weighted by atomic mass is 10.1. The SMILES string of the molecule is O=C(O)c1cc(-c2ccccc2)nn1-c1ccc(Cl)cc1. The Morgan fingerprint density at radius 2 is 1.71 bits per heavy atom. The van der Waals surface area contributed by atoms with Crippen molar-refractivity contribution in [2.24, 2.45) is 0 Å². The largest absolute Gasteiger partial charge is 0.477 e. The molecule has 1 heterocycles. The van der Waals surface area contributed by atoms with E-state index in [-0.39, 0.29) is 5.69 Å². The molecule has 2 aromatic carbocycles. The van der Waals surface area contributed by atoms with Crippen LogP contribution in [-0.4, -0.2) is 20.9 Å². The number of nitrogens with zero attached hydrogens (tertiary/aromatic N) is 2. The van der Waals surface area contributed by atoms with E-state index < -0.39 is 5.97 Å². The second-order valence-electron chi connectivity index (χ2n) is 4.47. The van der Waals surface area contributed by atoms with Gasteiger partial charge in [0.1, 0.15) is 0 Å². The van der Waals surface area contributed by atoms with Gasteiger partial charge in [0.15, 0.2) is 5.69 Å². The van der Waals surface area contributed by atoms with Crippen LogP contribution in [-0.2, 0) is 0 Å². The molecule has 21 heavy (non-hydrogen) atoms. The van der Waals surface area contributed by atoms with E-state index in [0.29, 0.717) is 16.4 Å². The first-order valence-electron chi connectivity index (χ1n) is 6.30. The van der Waals surface area contributed by atoms with Gasteiger partial charge in [0.05, 0.1) is 11.4 Å². The predicted molar refractivity (Wildman–Crippen MR) is 81.0 cm³/mol. The summed E-state index contributed by atoms with van der Waals surface area (Å²) in [6.07, 6.45) is 0. The van der Waals surface area contributed by atoms with E-state index in [4.69, 9.17) is 11.6 Å². The number of carbonyl (C=O) groups is 1. The number of benzene rings is 2. The fraction of sp³-hybridized carbons (Fsp3) is 0. The molecule has 0 atom stereocenters. The van der Waals surface area contributed by atoms with E-state index in [1.807, 2.05) is 30.3 Å². The van der Waals surface area contributed by atoms with Crippen LogP contribution in [0.3, 0.4) is 0 Å². The van der Waals surface area contributed by atoms with Gasteiger partial charge in [0, 0.05) is 10.6 Å². The van der Waals surface area contributed by atoms with E-state index in [1.165, 1.54) is 4.68 Å². The van der Waals surface area contributed by atoms with Crippen LogP contribution in [0.2, 0.25) is 5.02 Å². The molecule has 0 unspecified atom stereocenters. The zero-order valence-corrected chi connectivity index (χ0v) is 11.7. The molecule has 1 N–H and O–H groups in total. The first-order valence-corrected chi connectivity index (χ1v) is 6.67. The summed E-state index contributed by atoms with van der Waals surface area (Å²) in [6.45, 7) is 0. The average molecular weight is 299 g/mol. The molecule has 0 saturated heterocycles. The highest BCUT2D eigenvalue weighted by Gasteiger charge is 2.16. The maximum atomic E-state index is 11.4. The van der Waals surface area contributed by atoms with Gasteiger partial charge in [-0.2, -0.15) is 5.10 Å². The van der Waals surface area contributed by atoms with Crippen LogP contribution in [0.1, 0.15) is 10.5 Å². The fourth-order valence-corrected chi connectivity index (χ4v) is 2.19. The minimum Gasteiger partial charge on any atom is -0.477 e. The summed E-state index contributed by atoms with van der Waals surface area (Å²) in [5.74, 6) is -1.03. The summed E-state index contributed by atoms with van der Waals surface area (Å²) in [4.78, 5) is 11.4. The normalized spacial score (nSPS) is 10.5. The Morgan fingerprint density at radius 1 is 1.05 bits per heavy atom. The number of hydrogen-bond acceptors (Lipinski definition) is 2. The molecule has 0 aliphatic heterocycles. The molecule has 1 aromatic heterocycles. The Kier molecular flexibility index (Phi) is 3.46. The van der Waals surface area contributed by atoms with Crippen LogP contribution in [0.25, 0.3) is 16.9 Å². The molecule has 0 bridgehead atoms. The van der Waals surface area contributed by atoms with Crippen molar-refractivity contribution in [2.75, 3.05) is 0 Å². The van der Waals surface area contributed by atoms with E-state index >= 15 is 0 Å². The van der Waals surface area contributed by atoms with Crippen LogP contribution in [0, 0.1) is 0 Å². The number of aromatic carboxylic acids is 1. The van der Waals surface area contributed by atoms with Crippen molar-refractivity contribution in [2.45, 2.75) is 0 Å². The molecule has 3 rings (SSSR count). The highest BCUT2D eigenvalue weighted by atomic mass is 35.5. The zero-order valence-electron chi connectivity index (χ0n) is 10.9. The Bertz CT molecular complexity index is 780. The second kappa shape index (κ2) is 5.42. The van der Waals surface area contributed by atoms with Gasteiger partial charge < -0.3 is 5.11 Å². The molecule has 104 valence electrons. The molecule has 0 fully saturated rings. The predicted octanol–water partition coefficient (Wildman–Crippen LogP) is 3.89. The standard InChI is InChI=1S/C16H11ClN2O2/c17-12-6-8-13(9-7-12)19-15(16(20)21)10-14(18-19)11-4-2-1-3-5-11/h1-10H,(H,20,21). The first-order chi connectivity index (χ1) is 10.1. The van der Waals surface area contributed by atoms with Crippen molar-refractivity contribution in [3.05, 3.63) is 71.4 Å². The second-order valence-corrected chi connectivity index (χ2v) is 4.91. The van der Waals surface area contributed by atoms with Crippen LogP contribution in [0.4, 0.5) is 0 Å². The minimum absolute atomic E-state index is 0.108. The lowest BCUT2D eigenvalue weighted by Crippen LogP contribution is -2.07. The van der Waals surface area contributed by atoms with Gasteiger partial charge >= 0.3 is 5.97 Å². The number of carboxylic acids is 1. The Balaban J connectivity index is 2.14. The first kappa shape index (κ1) is 13.4. The monoisotopic (exact) mass is 298 g/mol. The molecule has 0 aliphatic rings. The van der Waals surface area contributed by atoms with Crippen LogP contribution in [0.15, 0.2) is 60.7 Å². The highest BCUT2D eigenvalue weighted by molar-refractivity contribution is 6.30. The van der Waals surface area contributed by atoms with Crippen molar-refractivity contribution in [3.8, 4) is 16.9 Å². The molecule has 0 saturated carbocycles. The van der Waals surface area contributed by atoms with Crippen LogP contribution < -0.4 is 0 Å². The molecule has 3 aromatic rings. The van der Waals surface area contributed by atoms with E-state index in [1.54, 1.807) is 30.3 Å². The number of rotatable bonds is 3. The Hall–Kier alpha value is -2.59. The molecule has 5 heteroatoms. The smallest absolute Gasteiger partial charge is 0.354 e. The molecule has 0 aliphatic carbocycles. The third-order valence-electron chi connectivity index (χ3n) is 3.07. The van der Waals surface area contributed by atoms with Gasteiger partial charge in [-0.25, -0.2) is 9.48 Å². The third kappa shape index (κ3) is 2.66. The molecule has 0 radical (unpaired) electrons. The van der Waals surface area contributed by atoms with Crippen LogP contribution >= 0.6 is 11.6 Å². The number of carboxylic acid groups (broad SMARTS) is 1. The van der Waals surface area contributed by atoms with Crippen molar-refractivity contribution >= 4 is 17.6 Å². The fourth-order valence-electron chi connectivity index (χ4n) is 2.06. The summed E-state index contributed by atoms with van der Waals surface area (Å²) in [6, 6.07) is 17.9. The van der Waals surface area contributed by atoms with Gasteiger partial charge in [-0.3, -0.25) is 0 Å². The van der Waals surface area contributed by atoms with Crippen molar-refractivity contribution < 1.29 is 9.90 Å². The number of halogens is 1. The van der Waals surface area contributed by atoms with Gasteiger partial charge in [0.25, 0.3) is 0 Å². The average Bonchev–Trinajstić information content (AvgIpc) is 2.94. The van der Waals surface area contributed by atoms with Crippen molar-refractivity contribution in [1.82, 2.24) is 9.78 Å². The third-order valence-corrected chi connectivity index (χ3v) is 3.32. The number of hydrogen-bond donors (Lipinski definition) is 1. The lowest BCUT2D eigenvalue weighted by molar-refractivity contribution is 0.0687. The summed E-state index contributed by atoms with van der Waals surface area (Å²) >= 11 is 5.86. The molecular formula is C16H11ClN2O2. The quantitative estimate of drug-likeness (QED) is 0.798. The highest BCUT2D eigenvalue weighted by Crippen LogP contribution is 2.22. The topological polar surface area (TPSA) is 55.1 Å². The summed E-state index contributed by atoms with van der Waals surface area (Å²) in [5.41, 5.74) is 2.24. The summed E-state index contributed by atoms with van der Waals surface area (Å²) in [5, 5.41) is 14.3. The van der Waals surface area contributed by atoms with Crippen LogP contribution in [0.5, 0.6) is 0 Å². The molecule has 0 amide bonds. The van der Waals surface area contributed by atoms with Crippen molar-refractivity contribution in [3.63, 3.8) is 0 Å². The molecule has 0 spiro atoms. The van der Waals surface area contributed by atoms with E-state index in [0.717, 1.165) is 5.56 Å². The van der Waals surface area contributed by atoms with Gasteiger partial charge in [-0.15, -0.1) is 0 Å². The number of aromatic nitrogens is 2. The minimum atomic E-state index is -1.03. The lowest BCUT2D eigenvalue weighted by Gasteiger charge is -2.04. The Labute approximate surface area is 126 Å². The summed E-state index contributed by atoms with van der Waals surface area (Å²) < 4.78 is 1.40. The van der Waals surface area contributed by atoms with Gasteiger partial charge in [0.2, 0.25) is 0 Å². The maximum absolute atomic E-state index is 11.4. The van der Waals surface area contributed by atoms with E-state index in [2.05, 4.69) is 5.10 Å². The van der Waals surface area contributed by atoms with Gasteiger partial charge in [-0.1, -0.05) is 41.9 Å². The Morgan fingerprint density at radius 3 is 2.33 bits per heavy atom. The maximum Gasteiger partial charge on any atom is 0.354 e. The van der Waals surface area contributed by atoms with Crippen molar-refractivity contribution in [1.29, 1.82) is 0 Å². The van der Waals surface area contributed by atoms with Gasteiger partial charge in [-0.05, 0) is 30.3 Å². The molecule has 4 nitrogen and oxygen atoms in total. The molecular weight excluding hydrogens is 288 g/mol. The zero-order chi connectivity index (χ0) is 14.8.